The third kappa shape index (κ3) is 6.02. The van der Waals surface area contributed by atoms with E-state index in [-0.39, 0.29) is 0 Å². The standard InChI is InChI=1S/C14H30O2Si/c1-5-7-8-13(6-2)12-17(4,15-3)16-11-14-9-10-14/h13-14H,5-12H2,1-4H3. The van der Waals surface area contributed by atoms with Crippen molar-refractivity contribution in [3.63, 3.8) is 0 Å². The monoisotopic (exact) mass is 258 g/mol. The molecule has 2 nitrogen and oxygen atoms in total. The van der Waals surface area contributed by atoms with E-state index < -0.39 is 8.56 Å². The third-order valence-corrected chi connectivity index (χ3v) is 6.92. The molecule has 102 valence electrons. The van der Waals surface area contributed by atoms with Crippen LogP contribution in [0.15, 0.2) is 0 Å². The minimum Gasteiger partial charge on any atom is -0.398 e. The Labute approximate surface area is 108 Å². The van der Waals surface area contributed by atoms with Gasteiger partial charge >= 0.3 is 8.56 Å². The van der Waals surface area contributed by atoms with Crippen molar-refractivity contribution in [1.29, 1.82) is 0 Å². The fourth-order valence-electron chi connectivity index (χ4n) is 2.25. The van der Waals surface area contributed by atoms with Crippen molar-refractivity contribution in [1.82, 2.24) is 0 Å². The predicted octanol–water partition coefficient (Wildman–Crippen LogP) is 4.35. The highest BCUT2D eigenvalue weighted by Crippen LogP contribution is 2.32. The fourth-order valence-corrected chi connectivity index (χ4v) is 4.78. The summed E-state index contributed by atoms with van der Waals surface area (Å²) >= 11 is 0. The Morgan fingerprint density at radius 3 is 2.47 bits per heavy atom. The Morgan fingerprint density at radius 2 is 2.00 bits per heavy atom. The van der Waals surface area contributed by atoms with Gasteiger partial charge in [0.2, 0.25) is 0 Å². The molecule has 3 heteroatoms. The molecule has 1 aliphatic carbocycles. The molecule has 0 aromatic rings. The number of hydrogen-bond acceptors (Lipinski definition) is 2. The van der Waals surface area contributed by atoms with E-state index in [4.69, 9.17) is 8.85 Å². The van der Waals surface area contributed by atoms with E-state index in [0.717, 1.165) is 18.4 Å². The summed E-state index contributed by atoms with van der Waals surface area (Å²) in [5.41, 5.74) is 0. The molecule has 0 N–H and O–H groups in total. The topological polar surface area (TPSA) is 18.5 Å². The zero-order chi connectivity index (χ0) is 12.7. The van der Waals surface area contributed by atoms with Gasteiger partial charge in [-0.2, -0.15) is 0 Å². The lowest BCUT2D eigenvalue weighted by atomic mass is 10.0. The first-order valence-electron chi connectivity index (χ1n) is 7.32. The van der Waals surface area contributed by atoms with E-state index in [1.54, 1.807) is 0 Å². The minimum atomic E-state index is -1.88. The molecule has 0 saturated heterocycles. The van der Waals surface area contributed by atoms with Gasteiger partial charge in [0.1, 0.15) is 0 Å². The zero-order valence-electron chi connectivity index (χ0n) is 12.1. The van der Waals surface area contributed by atoms with Crippen LogP contribution >= 0.6 is 0 Å². The summed E-state index contributed by atoms with van der Waals surface area (Å²) in [6.45, 7) is 7.75. The zero-order valence-corrected chi connectivity index (χ0v) is 13.1. The lowest BCUT2D eigenvalue weighted by Crippen LogP contribution is -2.40. The normalized spacial score (nSPS) is 21.2. The Bertz CT molecular complexity index is 206. The average Bonchev–Trinajstić information content (AvgIpc) is 3.16. The first-order valence-corrected chi connectivity index (χ1v) is 9.85. The fraction of sp³-hybridized carbons (Fsp3) is 1.00. The molecule has 0 bridgehead atoms. The molecular formula is C14H30O2Si. The summed E-state index contributed by atoms with van der Waals surface area (Å²) in [4.78, 5) is 0. The van der Waals surface area contributed by atoms with Crippen LogP contribution in [0.4, 0.5) is 0 Å². The van der Waals surface area contributed by atoms with Crippen LogP contribution in [0.25, 0.3) is 0 Å². The van der Waals surface area contributed by atoms with Gasteiger partial charge < -0.3 is 8.85 Å². The highest BCUT2D eigenvalue weighted by Gasteiger charge is 2.35. The lowest BCUT2D eigenvalue weighted by Gasteiger charge is -2.29. The van der Waals surface area contributed by atoms with Crippen LogP contribution in [0.3, 0.4) is 0 Å². The van der Waals surface area contributed by atoms with Gasteiger partial charge in [0.15, 0.2) is 0 Å². The van der Waals surface area contributed by atoms with E-state index in [9.17, 15) is 0 Å². The van der Waals surface area contributed by atoms with Crippen molar-refractivity contribution >= 4 is 8.56 Å². The van der Waals surface area contributed by atoms with E-state index in [2.05, 4.69) is 20.4 Å². The summed E-state index contributed by atoms with van der Waals surface area (Å²) in [5.74, 6) is 1.64. The number of unbranched alkanes of at least 4 members (excludes halogenated alkanes) is 1. The molecule has 17 heavy (non-hydrogen) atoms. The van der Waals surface area contributed by atoms with Gasteiger partial charge in [0, 0.05) is 13.7 Å². The Kier molecular flexibility index (Phi) is 6.74. The van der Waals surface area contributed by atoms with Crippen molar-refractivity contribution in [2.45, 2.75) is 65.0 Å². The van der Waals surface area contributed by atoms with Crippen LogP contribution in [0.1, 0.15) is 52.4 Å². The van der Waals surface area contributed by atoms with E-state index in [1.807, 2.05) is 7.11 Å². The number of rotatable bonds is 10. The summed E-state index contributed by atoms with van der Waals surface area (Å²) < 4.78 is 11.9. The van der Waals surface area contributed by atoms with Crippen LogP contribution in [0.2, 0.25) is 12.6 Å². The van der Waals surface area contributed by atoms with Gasteiger partial charge in [-0.15, -0.1) is 0 Å². The summed E-state index contributed by atoms with van der Waals surface area (Å²) in [7, 11) is -0.0413. The Balaban J connectivity index is 2.34. The second kappa shape index (κ2) is 7.55. The molecule has 0 heterocycles. The van der Waals surface area contributed by atoms with Gasteiger partial charge in [-0.05, 0) is 37.3 Å². The summed E-state index contributed by atoms with van der Waals surface area (Å²) in [5, 5.41) is 0. The molecule has 0 spiro atoms. The quantitative estimate of drug-likeness (QED) is 0.542. The molecular weight excluding hydrogens is 228 g/mol. The molecule has 1 saturated carbocycles. The molecule has 1 aliphatic rings. The lowest BCUT2D eigenvalue weighted by molar-refractivity contribution is 0.188. The number of hydrogen-bond donors (Lipinski definition) is 0. The first kappa shape index (κ1) is 15.2. The summed E-state index contributed by atoms with van der Waals surface area (Å²) in [6.07, 6.45) is 7.97. The average molecular weight is 258 g/mol. The van der Waals surface area contributed by atoms with Crippen LogP contribution in [-0.2, 0) is 8.85 Å². The SMILES string of the molecule is CCCCC(CC)C[Si](C)(OC)OCC1CC1. The summed E-state index contributed by atoms with van der Waals surface area (Å²) in [6, 6.07) is 1.17. The smallest absolute Gasteiger partial charge is 0.334 e. The van der Waals surface area contributed by atoms with Crippen molar-refractivity contribution < 1.29 is 8.85 Å². The molecule has 0 aliphatic heterocycles. The van der Waals surface area contributed by atoms with E-state index >= 15 is 0 Å². The van der Waals surface area contributed by atoms with Crippen LogP contribution in [-0.4, -0.2) is 22.3 Å². The van der Waals surface area contributed by atoms with Gasteiger partial charge in [0.25, 0.3) is 0 Å². The maximum atomic E-state index is 6.13. The van der Waals surface area contributed by atoms with Crippen LogP contribution in [0.5, 0.6) is 0 Å². The first-order chi connectivity index (χ1) is 8.13. The van der Waals surface area contributed by atoms with Crippen molar-refractivity contribution in [2.24, 2.45) is 11.8 Å². The second-order valence-corrected chi connectivity index (χ2v) is 9.09. The highest BCUT2D eigenvalue weighted by molar-refractivity contribution is 6.66. The Hall–Kier alpha value is 0.137. The van der Waals surface area contributed by atoms with Crippen LogP contribution in [0, 0.1) is 11.8 Å². The maximum Gasteiger partial charge on any atom is 0.334 e. The molecule has 0 aromatic carbocycles. The highest BCUT2D eigenvalue weighted by atomic mass is 28.4. The molecule has 2 unspecified atom stereocenters. The van der Waals surface area contributed by atoms with Gasteiger partial charge in [-0.1, -0.05) is 39.5 Å². The largest absolute Gasteiger partial charge is 0.398 e. The van der Waals surface area contributed by atoms with Crippen molar-refractivity contribution in [3.8, 4) is 0 Å². The van der Waals surface area contributed by atoms with Gasteiger partial charge in [-0.3, -0.25) is 0 Å². The van der Waals surface area contributed by atoms with E-state index in [1.165, 1.54) is 44.6 Å². The predicted molar refractivity (Wildman–Crippen MR) is 75.4 cm³/mol. The van der Waals surface area contributed by atoms with Gasteiger partial charge in [0.05, 0.1) is 0 Å². The minimum absolute atomic E-state index is 0.797. The van der Waals surface area contributed by atoms with Crippen LogP contribution < -0.4 is 0 Å². The molecule has 0 radical (unpaired) electrons. The molecule has 1 rings (SSSR count). The second-order valence-electron chi connectivity index (χ2n) is 5.71. The maximum absolute atomic E-state index is 6.13. The van der Waals surface area contributed by atoms with Crippen molar-refractivity contribution in [2.75, 3.05) is 13.7 Å². The van der Waals surface area contributed by atoms with E-state index in [0.29, 0.717) is 0 Å². The molecule has 0 aromatic heterocycles. The Morgan fingerprint density at radius 1 is 1.29 bits per heavy atom. The van der Waals surface area contributed by atoms with Gasteiger partial charge in [-0.25, -0.2) is 0 Å². The van der Waals surface area contributed by atoms with Crippen molar-refractivity contribution in [3.05, 3.63) is 0 Å². The molecule has 0 amide bonds. The molecule has 1 fully saturated rings. The third-order valence-electron chi connectivity index (χ3n) is 3.96. The molecule has 2 atom stereocenters.